The molecule has 0 fully saturated rings. The number of ether oxygens (including phenoxy) is 1. The Morgan fingerprint density at radius 3 is 2.65 bits per heavy atom. The molecule has 2 rings (SSSR count). The van der Waals surface area contributed by atoms with Crippen LogP contribution in [0.25, 0.3) is 11.4 Å². The van der Waals surface area contributed by atoms with E-state index in [-0.39, 0.29) is 0 Å². The largest absolute Gasteiger partial charge is 0.496 e. The molecule has 5 heteroatoms. The van der Waals surface area contributed by atoms with Crippen molar-refractivity contribution in [1.29, 1.82) is 0 Å². The summed E-state index contributed by atoms with van der Waals surface area (Å²) in [6, 6.07) is 7.55. The van der Waals surface area contributed by atoms with Crippen molar-refractivity contribution in [1.82, 2.24) is 9.97 Å². The lowest BCUT2D eigenvalue weighted by molar-refractivity contribution is 0.416. The van der Waals surface area contributed by atoms with Gasteiger partial charge in [-0.3, -0.25) is 0 Å². The predicted molar refractivity (Wildman–Crippen MR) is 85.3 cm³/mol. The minimum Gasteiger partial charge on any atom is -0.496 e. The van der Waals surface area contributed by atoms with E-state index in [1.807, 2.05) is 24.3 Å². The highest BCUT2D eigenvalue weighted by molar-refractivity contribution is 9.10. The van der Waals surface area contributed by atoms with E-state index in [9.17, 15) is 0 Å². The van der Waals surface area contributed by atoms with Crippen molar-refractivity contribution in [3.05, 3.63) is 39.6 Å². The van der Waals surface area contributed by atoms with Gasteiger partial charge in [-0.2, -0.15) is 0 Å². The zero-order chi connectivity index (χ0) is 14.7. The average Bonchev–Trinajstić information content (AvgIpc) is 2.37. The van der Waals surface area contributed by atoms with Crippen LogP contribution in [0, 0.1) is 5.92 Å². The fourth-order valence-electron chi connectivity index (χ4n) is 1.96. The van der Waals surface area contributed by atoms with Gasteiger partial charge in [0.25, 0.3) is 0 Å². The van der Waals surface area contributed by atoms with Crippen LogP contribution in [0.15, 0.2) is 28.7 Å². The van der Waals surface area contributed by atoms with Crippen molar-refractivity contribution < 1.29 is 4.74 Å². The predicted octanol–water partition coefficient (Wildman–Crippen LogP) is 4.77. The van der Waals surface area contributed by atoms with Crippen molar-refractivity contribution >= 4 is 27.5 Å². The van der Waals surface area contributed by atoms with E-state index in [0.29, 0.717) is 16.9 Å². The number of methoxy groups -OCH3 is 1. The minimum atomic E-state index is 0.452. The highest BCUT2D eigenvalue weighted by Crippen LogP contribution is 2.31. The molecule has 0 spiro atoms. The second-order valence-electron chi connectivity index (χ2n) is 4.95. The summed E-state index contributed by atoms with van der Waals surface area (Å²) in [5, 5.41) is 0.452. The number of hydrogen-bond donors (Lipinski definition) is 0. The second kappa shape index (κ2) is 6.55. The third-order valence-corrected chi connectivity index (χ3v) is 3.45. The lowest BCUT2D eigenvalue weighted by Crippen LogP contribution is -2.01. The molecule has 0 saturated carbocycles. The molecule has 0 saturated heterocycles. The Balaban J connectivity index is 2.51. The highest BCUT2D eigenvalue weighted by atomic mass is 79.9. The summed E-state index contributed by atoms with van der Waals surface area (Å²) in [5.41, 5.74) is 1.77. The Bertz CT molecular complexity index is 617. The molecule has 1 aromatic carbocycles. The van der Waals surface area contributed by atoms with E-state index in [4.69, 9.17) is 16.3 Å². The molecule has 0 radical (unpaired) electrons. The fraction of sp³-hybridized carbons (Fsp3) is 0.333. The van der Waals surface area contributed by atoms with Crippen LogP contribution in [0.5, 0.6) is 5.75 Å². The Morgan fingerprint density at radius 2 is 2.00 bits per heavy atom. The standard InChI is InChI=1S/C15H16BrClN2O/c1-9(2)6-11-8-14(17)19-15(18-11)12-7-10(16)4-5-13(12)20-3/h4-5,7-9H,6H2,1-3H3. The topological polar surface area (TPSA) is 35.0 Å². The Morgan fingerprint density at radius 1 is 1.25 bits per heavy atom. The maximum absolute atomic E-state index is 6.12. The minimum absolute atomic E-state index is 0.452. The highest BCUT2D eigenvalue weighted by Gasteiger charge is 2.12. The van der Waals surface area contributed by atoms with Gasteiger partial charge in [0.1, 0.15) is 10.9 Å². The molecule has 0 amide bonds. The molecule has 20 heavy (non-hydrogen) atoms. The first-order valence-corrected chi connectivity index (χ1v) is 7.54. The van der Waals surface area contributed by atoms with Gasteiger partial charge >= 0.3 is 0 Å². The van der Waals surface area contributed by atoms with Gasteiger partial charge in [-0.15, -0.1) is 0 Å². The molecule has 2 aromatic rings. The monoisotopic (exact) mass is 354 g/mol. The summed E-state index contributed by atoms with van der Waals surface area (Å²) < 4.78 is 6.32. The van der Waals surface area contributed by atoms with Crippen LogP contribution in [-0.2, 0) is 6.42 Å². The smallest absolute Gasteiger partial charge is 0.164 e. The fourth-order valence-corrected chi connectivity index (χ4v) is 2.53. The molecular formula is C15H16BrClN2O. The van der Waals surface area contributed by atoms with E-state index < -0.39 is 0 Å². The quantitative estimate of drug-likeness (QED) is 0.741. The van der Waals surface area contributed by atoms with Crippen LogP contribution in [0.1, 0.15) is 19.5 Å². The number of halogens is 2. The van der Waals surface area contributed by atoms with Crippen molar-refractivity contribution in [3.8, 4) is 17.1 Å². The second-order valence-corrected chi connectivity index (χ2v) is 6.25. The van der Waals surface area contributed by atoms with E-state index in [2.05, 4.69) is 39.7 Å². The zero-order valence-corrected chi connectivity index (χ0v) is 14.0. The summed E-state index contributed by atoms with van der Waals surface area (Å²) in [7, 11) is 1.63. The molecule has 1 aromatic heterocycles. The van der Waals surface area contributed by atoms with Crippen LogP contribution in [0.4, 0.5) is 0 Å². The van der Waals surface area contributed by atoms with Crippen molar-refractivity contribution in [3.63, 3.8) is 0 Å². The van der Waals surface area contributed by atoms with Crippen molar-refractivity contribution in [2.45, 2.75) is 20.3 Å². The third-order valence-electron chi connectivity index (χ3n) is 2.77. The van der Waals surface area contributed by atoms with Gasteiger partial charge in [0.2, 0.25) is 0 Å². The first-order valence-electron chi connectivity index (χ1n) is 6.37. The van der Waals surface area contributed by atoms with Gasteiger partial charge in [0.05, 0.1) is 12.7 Å². The maximum Gasteiger partial charge on any atom is 0.164 e. The Labute approximate surface area is 132 Å². The molecule has 3 nitrogen and oxygen atoms in total. The summed E-state index contributed by atoms with van der Waals surface area (Å²) in [6.45, 7) is 4.30. The van der Waals surface area contributed by atoms with Crippen LogP contribution in [-0.4, -0.2) is 17.1 Å². The summed E-state index contributed by atoms with van der Waals surface area (Å²) in [4.78, 5) is 8.91. The number of benzene rings is 1. The van der Waals surface area contributed by atoms with Crippen LogP contribution >= 0.6 is 27.5 Å². The molecule has 106 valence electrons. The Kier molecular flexibility index (Phi) is 5.00. The molecule has 0 bridgehead atoms. The third kappa shape index (κ3) is 3.70. The molecule has 0 aliphatic rings. The van der Waals surface area contributed by atoms with Gasteiger partial charge in [-0.1, -0.05) is 41.4 Å². The zero-order valence-electron chi connectivity index (χ0n) is 11.7. The lowest BCUT2D eigenvalue weighted by Gasteiger charge is -2.10. The SMILES string of the molecule is COc1ccc(Br)cc1-c1nc(Cl)cc(CC(C)C)n1. The molecule has 0 atom stereocenters. The number of nitrogens with zero attached hydrogens (tertiary/aromatic N) is 2. The number of hydrogen-bond acceptors (Lipinski definition) is 3. The normalized spacial score (nSPS) is 10.9. The van der Waals surface area contributed by atoms with Gasteiger partial charge in [-0.05, 0) is 36.6 Å². The van der Waals surface area contributed by atoms with Crippen LogP contribution in [0.3, 0.4) is 0 Å². The Hall–Kier alpha value is -1.13. The van der Waals surface area contributed by atoms with Gasteiger partial charge in [0.15, 0.2) is 5.82 Å². The van der Waals surface area contributed by atoms with Crippen molar-refractivity contribution in [2.75, 3.05) is 7.11 Å². The van der Waals surface area contributed by atoms with E-state index >= 15 is 0 Å². The van der Waals surface area contributed by atoms with Crippen LogP contribution in [0.2, 0.25) is 5.15 Å². The van der Waals surface area contributed by atoms with Crippen molar-refractivity contribution in [2.24, 2.45) is 5.92 Å². The molecule has 0 aliphatic carbocycles. The summed E-state index contributed by atoms with van der Waals surface area (Å²) in [5.74, 6) is 1.83. The molecular weight excluding hydrogens is 340 g/mol. The van der Waals surface area contributed by atoms with Gasteiger partial charge < -0.3 is 4.74 Å². The van der Waals surface area contributed by atoms with Gasteiger partial charge in [-0.25, -0.2) is 9.97 Å². The van der Waals surface area contributed by atoms with Crippen LogP contribution < -0.4 is 4.74 Å². The number of aromatic nitrogens is 2. The summed E-state index contributed by atoms with van der Waals surface area (Å²) >= 11 is 9.57. The van der Waals surface area contributed by atoms with E-state index in [0.717, 1.165) is 27.9 Å². The van der Waals surface area contributed by atoms with E-state index in [1.165, 1.54) is 0 Å². The lowest BCUT2D eigenvalue weighted by atomic mass is 10.1. The first kappa shape index (κ1) is 15.3. The molecule has 1 heterocycles. The molecule has 0 aliphatic heterocycles. The molecule has 0 unspecified atom stereocenters. The molecule has 0 N–H and O–H groups in total. The first-order chi connectivity index (χ1) is 9.49. The maximum atomic E-state index is 6.12. The summed E-state index contributed by atoms with van der Waals surface area (Å²) in [6.07, 6.45) is 0.867. The van der Waals surface area contributed by atoms with E-state index in [1.54, 1.807) is 7.11 Å². The number of rotatable bonds is 4. The average molecular weight is 356 g/mol. The van der Waals surface area contributed by atoms with Gasteiger partial charge in [0, 0.05) is 10.2 Å².